The van der Waals surface area contributed by atoms with Gasteiger partial charge >= 0.3 is 0 Å². The SMILES string of the molecule is CCNC(CC)c1ccccc1Oc1ccccc1. The van der Waals surface area contributed by atoms with Crippen LogP contribution in [0.5, 0.6) is 11.5 Å². The minimum atomic E-state index is 0.338. The molecule has 0 amide bonds. The Labute approximate surface area is 115 Å². The summed E-state index contributed by atoms with van der Waals surface area (Å²) in [5.41, 5.74) is 1.22. The van der Waals surface area contributed by atoms with E-state index in [0.717, 1.165) is 24.5 Å². The van der Waals surface area contributed by atoms with Gasteiger partial charge in [-0.3, -0.25) is 0 Å². The molecule has 0 aliphatic rings. The van der Waals surface area contributed by atoms with Gasteiger partial charge in [0, 0.05) is 11.6 Å². The topological polar surface area (TPSA) is 21.3 Å². The predicted octanol–water partition coefficient (Wildman–Crippen LogP) is 4.54. The minimum absolute atomic E-state index is 0.338. The number of rotatable bonds is 6. The van der Waals surface area contributed by atoms with Crippen LogP contribution in [0.3, 0.4) is 0 Å². The monoisotopic (exact) mass is 255 g/mol. The second-order valence-corrected chi connectivity index (χ2v) is 4.47. The molecule has 0 saturated carbocycles. The molecule has 0 aliphatic carbocycles. The molecule has 0 bridgehead atoms. The zero-order chi connectivity index (χ0) is 13.5. The Morgan fingerprint density at radius 1 is 0.947 bits per heavy atom. The molecule has 100 valence electrons. The molecule has 0 radical (unpaired) electrons. The van der Waals surface area contributed by atoms with Crippen LogP contribution in [-0.2, 0) is 0 Å². The van der Waals surface area contributed by atoms with Crippen molar-refractivity contribution in [1.29, 1.82) is 0 Å². The van der Waals surface area contributed by atoms with Gasteiger partial charge in [-0.15, -0.1) is 0 Å². The molecule has 0 heterocycles. The average Bonchev–Trinajstić information content (AvgIpc) is 2.47. The molecule has 0 spiro atoms. The number of nitrogens with one attached hydrogen (secondary N) is 1. The molecule has 0 aromatic heterocycles. The Morgan fingerprint density at radius 2 is 1.63 bits per heavy atom. The quantitative estimate of drug-likeness (QED) is 0.818. The zero-order valence-corrected chi connectivity index (χ0v) is 11.6. The van der Waals surface area contributed by atoms with Crippen molar-refractivity contribution in [2.24, 2.45) is 0 Å². The van der Waals surface area contributed by atoms with E-state index >= 15 is 0 Å². The Balaban J connectivity index is 2.25. The summed E-state index contributed by atoms with van der Waals surface area (Å²) in [6, 6.07) is 18.5. The van der Waals surface area contributed by atoms with Crippen LogP contribution >= 0.6 is 0 Å². The van der Waals surface area contributed by atoms with E-state index in [1.165, 1.54) is 5.56 Å². The van der Waals surface area contributed by atoms with Crippen LogP contribution in [0.25, 0.3) is 0 Å². The van der Waals surface area contributed by atoms with Crippen LogP contribution in [0.15, 0.2) is 54.6 Å². The van der Waals surface area contributed by atoms with Gasteiger partial charge in [0.2, 0.25) is 0 Å². The van der Waals surface area contributed by atoms with Gasteiger partial charge in [-0.1, -0.05) is 50.2 Å². The second kappa shape index (κ2) is 6.95. The smallest absolute Gasteiger partial charge is 0.132 e. The van der Waals surface area contributed by atoms with Crippen LogP contribution in [0.2, 0.25) is 0 Å². The molecule has 19 heavy (non-hydrogen) atoms. The van der Waals surface area contributed by atoms with Crippen LogP contribution in [-0.4, -0.2) is 6.54 Å². The predicted molar refractivity (Wildman–Crippen MR) is 79.7 cm³/mol. The lowest BCUT2D eigenvalue weighted by molar-refractivity contribution is 0.453. The Kier molecular flexibility index (Phi) is 4.99. The van der Waals surface area contributed by atoms with Gasteiger partial charge in [-0.2, -0.15) is 0 Å². The summed E-state index contributed by atoms with van der Waals surface area (Å²) in [4.78, 5) is 0. The lowest BCUT2D eigenvalue weighted by Gasteiger charge is -2.19. The number of benzene rings is 2. The summed E-state index contributed by atoms with van der Waals surface area (Å²) in [7, 11) is 0. The van der Waals surface area contributed by atoms with Crippen molar-refractivity contribution in [2.45, 2.75) is 26.3 Å². The molecule has 2 heteroatoms. The molecule has 0 aliphatic heterocycles. The molecular weight excluding hydrogens is 234 g/mol. The Morgan fingerprint density at radius 3 is 2.32 bits per heavy atom. The summed E-state index contributed by atoms with van der Waals surface area (Å²) in [6.07, 6.45) is 1.04. The first-order chi connectivity index (χ1) is 9.35. The maximum Gasteiger partial charge on any atom is 0.132 e. The van der Waals surface area contributed by atoms with E-state index in [1.807, 2.05) is 42.5 Å². The third kappa shape index (κ3) is 3.58. The van der Waals surface area contributed by atoms with E-state index in [-0.39, 0.29) is 0 Å². The normalized spacial score (nSPS) is 12.1. The molecular formula is C17H21NO. The average molecular weight is 255 g/mol. The van der Waals surface area contributed by atoms with E-state index in [9.17, 15) is 0 Å². The fraction of sp³-hybridized carbons (Fsp3) is 0.294. The van der Waals surface area contributed by atoms with Crippen LogP contribution in [0.1, 0.15) is 31.9 Å². The highest BCUT2D eigenvalue weighted by Gasteiger charge is 2.13. The largest absolute Gasteiger partial charge is 0.457 e. The first kappa shape index (κ1) is 13.6. The molecule has 0 saturated heterocycles. The lowest BCUT2D eigenvalue weighted by Crippen LogP contribution is -2.20. The summed E-state index contributed by atoms with van der Waals surface area (Å²) >= 11 is 0. The summed E-state index contributed by atoms with van der Waals surface area (Å²) in [5.74, 6) is 1.81. The second-order valence-electron chi connectivity index (χ2n) is 4.47. The van der Waals surface area contributed by atoms with Crippen molar-refractivity contribution >= 4 is 0 Å². The number of hydrogen-bond acceptors (Lipinski definition) is 2. The van der Waals surface area contributed by atoms with E-state index in [4.69, 9.17) is 4.74 Å². The fourth-order valence-corrected chi connectivity index (χ4v) is 2.20. The van der Waals surface area contributed by atoms with E-state index in [0.29, 0.717) is 6.04 Å². The zero-order valence-electron chi connectivity index (χ0n) is 11.6. The fourth-order valence-electron chi connectivity index (χ4n) is 2.20. The highest BCUT2D eigenvalue weighted by atomic mass is 16.5. The third-order valence-electron chi connectivity index (χ3n) is 3.12. The standard InChI is InChI=1S/C17H21NO/c1-3-16(18-4-2)15-12-8-9-13-17(15)19-14-10-6-5-7-11-14/h5-13,16,18H,3-4H2,1-2H3. The maximum absolute atomic E-state index is 6.00. The van der Waals surface area contributed by atoms with Crippen LogP contribution in [0.4, 0.5) is 0 Å². The van der Waals surface area contributed by atoms with Crippen molar-refractivity contribution in [2.75, 3.05) is 6.54 Å². The van der Waals surface area contributed by atoms with Gasteiger partial charge in [-0.25, -0.2) is 0 Å². The lowest BCUT2D eigenvalue weighted by atomic mass is 10.0. The van der Waals surface area contributed by atoms with E-state index in [1.54, 1.807) is 0 Å². The summed E-state index contributed by atoms with van der Waals surface area (Å²) < 4.78 is 6.00. The van der Waals surface area contributed by atoms with Gasteiger partial charge in [0.15, 0.2) is 0 Å². The molecule has 1 N–H and O–H groups in total. The van der Waals surface area contributed by atoms with Gasteiger partial charge in [0.25, 0.3) is 0 Å². The molecule has 2 nitrogen and oxygen atoms in total. The van der Waals surface area contributed by atoms with Gasteiger partial charge < -0.3 is 10.1 Å². The van der Waals surface area contributed by atoms with Crippen LogP contribution in [0, 0.1) is 0 Å². The third-order valence-corrected chi connectivity index (χ3v) is 3.12. The first-order valence-electron chi connectivity index (χ1n) is 6.90. The van der Waals surface area contributed by atoms with Crippen molar-refractivity contribution in [3.8, 4) is 11.5 Å². The minimum Gasteiger partial charge on any atom is -0.457 e. The molecule has 2 aromatic carbocycles. The molecule has 1 atom stereocenters. The number of para-hydroxylation sites is 2. The van der Waals surface area contributed by atoms with Crippen molar-refractivity contribution in [3.63, 3.8) is 0 Å². The van der Waals surface area contributed by atoms with Crippen molar-refractivity contribution < 1.29 is 4.74 Å². The molecule has 2 rings (SSSR count). The Hall–Kier alpha value is -1.80. The van der Waals surface area contributed by atoms with Gasteiger partial charge in [0.1, 0.15) is 11.5 Å². The molecule has 0 fully saturated rings. The number of ether oxygens (including phenoxy) is 1. The van der Waals surface area contributed by atoms with Crippen LogP contribution < -0.4 is 10.1 Å². The van der Waals surface area contributed by atoms with E-state index in [2.05, 4.69) is 31.3 Å². The molecule has 2 aromatic rings. The van der Waals surface area contributed by atoms with Gasteiger partial charge in [-0.05, 0) is 31.2 Å². The van der Waals surface area contributed by atoms with E-state index < -0.39 is 0 Å². The molecule has 1 unspecified atom stereocenters. The summed E-state index contributed by atoms with van der Waals surface area (Å²) in [5, 5.41) is 3.49. The first-order valence-corrected chi connectivity index (χ1v) is 6.90. The highest BCUT2D eigenvalue weighted by molar-refractivity contribution is 5.39. The Bertz CT molecular complexity index is 496. The van der Waals surface area contributed by atoms with Crippen molar-refractivity contribution in [3.05, 3.63) is 60.2 Å². The van der Waals surface area contributed by atoms with Gasteiger partial charge in [0.05, 0.1) is 0 Å². The highest BCUT2D eigenvalue weighted by Crippen LogP contribution is 2.30. The number of hydrogen-bond donors (Lipinski definition) is 1. The maximum atomic E-state index is 6.00. The van der Waals surface area contributed by atoms with Crippen molar-refractivity contribution in [1.82, 2.24) is 5.32 Å². The summed E-state index contributed by atoms with van der Waals surface area (Å²) in [6.45, 7) is 5.27.